The number of rotatable bonds is 18. The van der Waals surface area contributed by atoms with Crippen molar-refractivity contribution in [1.29, 1.82) is 0 Å². The van der Waals surface area contributed by atoms with Crippen LogP contribution in [0.3, 0.4) is 0 Å². The molecule has 1 unspecified atom stereocenters. The number of nitrogens with one attached hydrogen (secondary N) is 1. The molecule has 4 aliphatic heterocycles. The van der Waals surface area contributed by atoms with Gasteiger partial charge in [-0.2, -0.15) is 0 Å². The lowest BCUT2D eigenvalue weighted by Gasteiger charge is -2.23. The van der Waals surface area contributed by atoms with E-state index in [1.54, 1.807) is 28.7 Å². The molecule has 4 heterocycles. The molecule has 5 aromatic rings. The molecule has 0 bridgehead atoms. The van der Waals surface area contributed by atoms with E-state index in [4.69, 9.17) is 14.2 Å². The lowest BCUT2D eigenvalue weighted by molar-refractivity contribution is -0.119. The quantitative estimate of drug-likeness (QED) is 0.0677. The summed E-state index contributed by atoms with van der Waals surface area (Å²) in [5, 5.41) is 3.51. The van der Waals surface area contributed by atoms with E-state index >= 15 is 0 Å². The van der Waals surface area contributed by atoms with Crippen molar-refractivity contribution in [3.05, 3.63) is 141 Å². The molecule has 5 aromatic carbocycles. The highest BCUT2D eigenvalue weighted by Crippen LogP contribution is 2.42. The minimum Gasteiger partial charge on any atom is -0.493 e. The summed E-state index contributed by atoms with van der Waals surface area (Å²) in [5.74, 6) is 2.82. The van der Waals surface area contributed by atoms with Gasteiger partial charge in [0.15, 0.2) is 11.5 Å². The lowest BCUT2D eigenvalue weighted by Crippen LogP contribution is -2.36. The smallest absolute Gasteiger partial charge is 0.258 e. The molecule has 348 valence electrons. The summed E-state index contributed by atoms with van der Waals surface area (Å²) >= 11 is 0. The molecule has 12 heteroatoms. The zero-order valence-electron chi connectivity index (χ0n) is 38.9. The highest BCUT2D eigenvalue weighted by atomic mass is 33.1. The first-order valence-electron chi connectivity index (χ1n) is 23.7. The fourth-order valence-electron chi connectivity index (χ4n) is 10.0. The third-order valence-corrected chi connectivity index (χ3v) is 16.6. The van der Waals surface area contributed by atoms with Crippen LogP contribution in [-0.2, 0) is 48.5 Å². The fourth-order valence-corrected chi connectivity index (χ4v) is 12.4. The summed E-state index contributed by atoms with van der Waals surface area (Å²) in [6.45, 7) is 6.44. The normalized spacial score (nSPS) is 17.3. The van der Waals surface area contributed by atoms with Gasteiger partial charge < -0.3 is 29.3 Å². The van der Waals surface area contributed by atoms with Crippen LogP contribution in [-0.4, -0.2) is 53.7 Å². The Balaban J connectivity index is 0.907. The zero-order chi connectivity index (χ0) is 46.6. The Morgan fingerprint density at radius 1 is 0.731 bits per heavy atom. The predicted octanol–water partition coefficient (Wildman–Crippen LogP) is 11.4. The molecule has 4 aliphatic rings. The summed E-state index contributed by atoms with van der Waals surface area (Å²) < 4.78 is 18.9. The first-order valence-corrected chi connectivity index (χ1v) is 26.1. The Hall–Kier alpha value is -5.72. The number of para-hydroxylation sites is 2. The highest BCUT2D eigenvalue weighted by Gasteiger charge is 2.39. The third-order valence-electron chi connectivity index (χ3n) is 13.5. The van der Waals surface area contributed by atoms with E-state index < -0.39 is 0 Å². The SMILES string of the molecule is CCC(=O)CCC(C)SSCCCC(=O)Nc1cc(COc2cc3c(cc2C)C(=O)N2c4ccccc4C[C@H]2CC3)cc(COc2cc3c(cc2OC)C(=O)N2c4ccccc4C[C@H]2CC3)c1. The van der Waals surface area contributed by atoms with E-state index in [9.17, 15) is 19.2 Å². The molecule has 0 saturated heterocycles. The zero-order valence-corrected chi connectivity index (χ0v) is 40.5. The van der Waals surface area contributed by atoms with Crippen molar-refractivity contribution >= 4 is 62.2 Å². The van der Waals surface area contributed by atoms with Crippen molar-refractivity contribution in [2.24, 2.45) is 0 Å². The minimum absolute atomic E-state index is 0.0187. The first-order chi connectivity index (χ1) is 32.6. The Morgan fingerprint density at radius 2 is 1.31 bits per heavy atom. The number of benzene rings is 5. The van der Waals surface area contributed by atoms with Crippen LogP contribution in [0.4, 0.5) is 17.1 Å². The highest BCUT2D eigenvalue weighted by molar-refractivity contribution is 8.76. The largest absolute Gasteiger partial charge is 0.493 e. The number of ketones is 1. The molecule has 3 amide bonds. The van der Waals surface area contributed by atoms with Gasteiger partial charge in [0.1, 0.15) is 24.7 Å². The molecule has 0 spiro atoms. The molecule has 9 rings (SSSR count). The minimum atomic E-state index is -0.0771. The van der Waals surface area contributed by atoms with Crippen molar-refractivity contribution in [1.82, 2.24) is 0 Å². The number of Topliss-reactive ketones (excluding diaryl/α,β-unsaturated/α-hetero) is 1. The Bertz CT molecular complexity index is 2700. The summed E-state index contributed by atoms with van der Waals surface area (Å²) in [7, 11) is 5.12. The van der Waals surface area contributed by atoms with E-state index in [2.05, 4.69) is 24.4 Å². The molecule has 0 radical (unpaired) electrons. The lowest BCUT2D eigenvalue weighted by atomic mass is 9.98. The van der Waals surface area contributed by atoms with Gasteiger partial charge >= 0.3 is 0 Å². The van der Waals surface area contributed by atoms with Crippen molar-refractivity contribution in [2.75, 3.05) is 28.0 Å². The van der Waals surface area contributed by atoms with Gasteiger partial charge in [0.25, 0.3) is 11.8 Å². The number of amides is 3. The number of carbonyl (C=O) groups excluding carboxylic acids is 4. The number of nitrogens with zero attached hydrogens (tertiary/aromatic N) is 2. The summed E-state index contributed by atoms with van der Waals surface area (Å²) in [5.41, 5.74) is 10.9. The molecular weight excluding hydrogens is 879 g/mol. The number of ether oxygens (including phenoxy) is 3. The van der Waals surface area contributed by atoms with Gasteiger partial charge in [-0.25, -0.2) is 0 Å². The number of fused-ring (bicyclic) bond motifs is 8. The van der Waals surface area contributed by atoms with Gasteiger partial charge in [0.05, 0.1) is 7.11 Å². The second-order valence-corrected chi connectivity index (χ2v) is 21.2. The molecule has 0 aromatic heterocycles. The molecule has 1 N–H and O–H groups in total. The molecule has 67 heavy (non-hydrogen) atoms. The van der Waals surface area contributed by atoms with Crippen molar-refractivity contribution < 1.29 is 33.4 Å². The summed E-state index contributed by atoms with van der Waals surface area (Å²) in [6, 6.07) is 30.3. The topological polar surface area (TPSA) is 114 Å². The van der Waals surface area contributed by atoms with Crippen LogP contribution in [0.25, 0.3) is 0 Å². The predicted molar refractivity (Wildman–Crippen MR) is 269 cm³/mol. The molecule has 3 atom stereocenters. The molecule has 0 saturated carbocycles. The van der Waals surface area contributed by atoms with Gasteiger partial charge in [-0.05, 0) is 152 Å². The second kappa shape index (κ2) is 20.7. The van der Waals surface area contributed by atoms with Gasteiger partial charge in [0, 0.05) is 70.5 Å². The van der Waals surface area contributed by atoms with Crippen LogP contribution in [0, 0.1) is 6.92 Å². The van der Waals surface area contributed by atoms with Crippen LogP contribution in [0.15, 0.2) is 91.0 Å². The summed E-state index contributed by atoms with van der Waals surface area (Å²) in [6.07, 6.45) is 8.09. The number of aryl methyl sites for hydroxylation is 3. The Morgan fingerprint density at radius 3 is 1.93 bits per heavy atom. The fraction of sp³-hybridized carbons (Fsp3) is 0.382. The number of anilines is 3. The average molecular weight is 938 g/mol. The maximum Gasteiger partial charge on any atom is 0.258 e. The van der Waals surface area contributed by atoms with E-state index in [0.717, 1.165) is 108 Å². The Kier molecular flexibility index (Phi) is 14.3. The third kappa shape index (κ3) is 10.3. The molecule has 0 fully saturated rings. The number of hydrogen-bond acceptors (Lipinski definition) is 9. The van der Waals surface area contributed by atoms with Gasteiger partial charge in [-0.15, -0.1) is 0 Å². The van der Waals surface area contributed by atoms with Gasteiger partial charge in [-0.1, -0.05) is 71.8 Å². The van der Waals surface area contributed by atoms with Crippen LogP contribution in [0.2, 0.25) is 0 Å². The number of methoxy groups -OCH3 is 1. The maximum atomic E-state index is 14.1. The van der Waals surface area contributed by atoms with Crippen molar-refractivity contribution in [2.45, 2.75) is 122 Å². The van der Waals surface area contributed by atoms with Gasteiger partial charge in [-0.3, -0.25) is 19.2 Å². The first kappa shape index (κ1) is 46.4. The number of carbonyl (C=O) groups is 4. The van der Waals surface area contributed by atoms with E-state index in [1.807, 2.05) is 103 Å². The van der Waals surface area contributed by atoms with Crippen molar-refractivity contribution in [3.8, 4) is 17.2 Å². The maximum absolute atomic E-state index is 14.1. The molecule has 0 aliphatic carbocycles. The Labute approximate surface area is 401 Å². The summed E-state index contributed by atoms with van der Waals surface area (Å²) in [4.78, 5) is 57.2. The van der Waals surface area contributed by atoms with E-state index in [1.165, 1.54) is 11.1 Å². The monoisotopic (exact) mass is 937 g/mol. The van der Waals surface area contributed by atoms with Crippen LogP contribution >= 0.6 is 21.6 Å². The van der Waals surface area contributed by atoms with E-state index in [0.29, 0.717) is 53.0 Å². The van der Waals surface area contributed by atoms with Crippen LogP contribution in [0.5, 0.6) is 17.2 Å². The number of hydrogen-bond donors (Lipinski definition) is 1. The second-order valence-electron chi connectivity index (χ2n) is 18.3. The molecular formula is C55H59N3O7S2. The van der Waals surface area contributed by atoms with Crippen LogP contribution < -0.4 is 29.3 Å². The van der Waals surface area contributed by atoms with Gasteiger partial charge in [0.2, 0.25) is 5.91 Å². The standard InChI is InChI=1S/C55H59N3O7S2/c1-5-45(59)21-16-35(3)67-66-22-10-15-53(60)56-42-25-36(32-64-50-29-38-17-19-43-27-40-11-6-8-13-48(40)57(43)54(61)46(38)23-34(50)2)24-37(26-42)33-65-52-30-39-18-20-44-28-41-12-7-9-14-49(41)58(44)55(62)47(39)31-51(52)63-4/h6-9,11-14,23-26,29-31,35,43-44H,5,10,15-22,27-28,32-33H2,1-4H3,(H,56,60)/t35?,43-,44-/m1/s1. The van der Waals surface area contributed by atoms with Crippen LogP contribution in [0.1, 0.15) is 118 Å². The van der Waals surface area contributed by atoms with Crippen molar-refractivity contribution in [3.63, 3.8) is 0 Å². The van der Waals surface area contributed by atoms with E-state index in [-0.39, 0.29) is 43.0 Å². The molecule has 10 nitrogen and oxygen atoms in total. The average Bonchev–Trinajstić information content (AvgIpc) is 3.83.